The molecule has 0 saturated carbocycles. The number of hydrogen-bond acceptors (Lipinski definition) is 4. The summed E-state index contributed by atoms with van der Waals surface area (Å²) in [5.74, 6) is -4.26. The van der Waals surface area contributed by atoms with Crippen LogP contribution in [-0.4, -0.2) is 38.7 Å². The number of carbonyl (C=O) groups is 2. The van der Waals surface area contributed by atoms with E-state index in [2.05, 4.69) is 5.32 Å². The molecule has 23 heavy (non-hydrogen) atoms. The minimum atomic E-state index is -3.30. The van der Waals surface area contributed by atoms with E-state index >= 15 is 0 Å². The maximum atomic E-state index is 12.9. The van der Waals surface area contributed by atoms with Crippen molar-refractivity contribution in [1.82, 2.24) is 0 Å². The third-order valence-corrected chi connectivity index (χ3v) is 5.21. The van der Waals surface area contributed by atoms with Gasteiger partial charge in [-0.05, 0) is 37.6 Å². The topological polar surface area (TPSA) is 124 Å². The average molecular weight is 347 g/mol. The molecule has 4 N–H and O–H groups in total. The largest absolute Gasteiger partial charge is 0.481 e. The molecule has 0 saturated heterocycles. The van der Waals surface area contributed by atoms with E-state index in [-0.39, 0.29) is 13.0 Å². The smallest absolute Gasteiger partial charge is 0.307 e. The van der Waals surface area contributed by atoms with E-state index in [0.717, 1.165) is 0 Å². The maximum Gasteiger partial charge on any atom is 0.307 e. The molecule has 0 aliphatic heterocycles. The van der Waals surface area contributed by atoms with Gasteiger partial charge in [-0.3, -0.25) is 14.2 Å². The molecule has 1 aromatic rings. The minimum absolute atomic E-state index is 0.163. The number of anilines is 1. The summed E-state index contributed by atoms with van der Waals surface area (Å²) >= 11 is 0. The summed E-state index contributed by atoms with van der Waals surface area (Å²) < 4.78 is 24.6. The lowest BCUT2D eigenvalue weighted by atomic mass is 9.88. The van der Waals surface area contributed by atoms with Gasteiger partial charge in [0.1, 0.15) is 5.82 Å². The van der Waals surface area contributed by atoms with Crippen LogP contribution in [0, 0.1) is 11.7 Å². The third-order valence-electron chi connectivity index (χ3n) is 3.71. The molecule has 0 fully saturated rings. The zero-order valence-electron chi connectivity index (χ0n) is 12.5. The number of benzene rings is 1. The lowest BCUT2D eigenvalue weighted by Gasteiger charge is -2.33. The Morgan fingerprint density at radius 3 is 2.30 bits per heavy atom. The van der Waals surface area contributed by atoms with Crippen molar-refractivity contribution in [3.63, 3.8) is 0 Å². The van der Waals surface area contributed by atoms with Crippen molar-refractivity contribution >= 4 is 25.7 Å². The molecule has 9 heteroatoms. The van der Waals surface area contributed by atoms with Gasteiger partial charge in [0.05, 0.1) is 11.1 Å². The second-order valence-corrected chi connectivity index (χ2v) is 7.16. The summed E-state index contributed by atoms with van der Waals surface area (Å²) in [5, 5.41) is 19.3. The number of aliphatic carboxylic acids is 2. The molecule has 0 aliphatic carbocycles. The van der Waals surface area contributed by atoms with E-state index in [4.69, 9.17) is 5.11 Å². The van der Waals surface area contributed by atoms with Crippen LogP contribution in [0.1, 0.15) is 19.8 Å². The molecule has 0 aromatic heterocycles. The van der Waals surface area contributed by atoms with E-state index in [1.165, 1.54) is 31.2 Å². The van der Waals surface area contributed by atoms with Crippen LogP contribution in [0.4, 0.5) is 10.1 Å². The van der Waals surface area contributed by atoms with Crippen molar-refractivity contribution < 1.29 is 33.7 Å². The fraction of sp³-hybridized carbons (Fsp3) is 0.429. The van der Waals surface area contributed by atoms with Gasteiger partial charge in [0.2, 0.25) is 0 Å². The number of nitrogens with one attached hydrogen (secondary N) is 1. The number of carboxylic acids is 2. The van der Waals surface area contributed by atoms with Crippen LogP contribution in [0.2, 0.25) is 0 Å². The van der Waals surface area contributed by atoms with E-state index in [1.807, 2.05) is 0 Å². The summed E-state index contributed by atoms with van der Waals surface area (Å²) in [6.07, 6.45) is -0.679. The molecule has 1 rings (SSSR count). The van der Waals surface area contributed by atoms with Crippen molar-refractivity contribution in [3.05, 3.63) is 30.1 Å². The molecular weight excluding hydrogens is 328 g/mol. The first kappa shape index (κ1) is 19.1. The Balaban J connectivity index is 2.94. The summed E-state index contributed by atoms with van der Waals surface area (Å²) in [4.78, 5) is 31.7. The van der Waals surface area contributed by atoms with Crippen LogP contribution in [0.3, 0.4) is 0 Å². The first-order chi connectivity index (χ1) is 10.7. The zero-order valence-corrected chi connectivity index (χ0v) is 13.5. The first-order valence-corrected chi connectivity index (χ1v) is 8.20. The van der Waals surface area contributed by atoms with E-state index in [0.29, 0.717) is 5.69 Å². The van der Waals surface area contributed by atoms with Crippen LogP contribution >= 0.6 is 8.03 Å². The van der Waals surface area contributed by atoms with Gasteiger partial charge in [-0.1, -0.05) is 0 Å². The Kier molecular flexibility index (Phi) is 6.72. The molecule has 128 valence electrons. The summed E-state index contributed by atoms with van der Waals surface area (Å²) in [6, 6.07) is 5.22. The van der Waals surface area contributed by atoms with Crippen molar-refractivity contribution in [2.24, 2.45) is 5.92 Å². The van der Waals surface area contributed by atoms with Crippen LogP contribution in [0.25, 0.3) is 0 Å². The Morgan fingerprint density at radius 1 is 1.30 bits per heavy atom. The van der Waals surface area contributed by atoms with Gasteiger partial charge in [-0.2, -0.15) is 0 Å². The highest BCUT2D eigenvalue weighted by Crippen LogP contribution is 2.43. The number of hydrogen-bond donors (Lipinski definition) is 4. The van der Waals surface area contributed by atoms with Gasteiger partial charge in [-0.25, -0.2) is 4.39 Å². The molecule has 0 amide bonds. The van der Waals surface area contributed by atoms with E-state index < -0.39 is 43.3 Å². The summed E-state index contributed by atoms with van der Waals surface area (Å²) in [5.41, 5.74) is 0.461. The van der Waals surface area contributed by atoms with Crippen molar-refractivity contribution in [3.8, 4) is 0 Å². The standard InChI is InChI=1S/C14H19FNO6P/c1-14(23(21)22,11(13(19)20)6-7-12(17)18)8-16-10-4-2-9(15)3-5-10/h2-5,11,16,23H,6-8H2,1H3,(H,17,18)(H,19,20)(H,21,22). The fourth-order valence-corrected chi connectivity index (χ4v) is 2.99. The molecule has 0 aliphatic rings. The Labute approximate surface area is 133 Å². The van der Waals surface area contributed by atoms with Gasteiger partial charge in [0.25, 0.3) is 0 Å². The summed E-state index contributed by atoms with van der Waals surface area (Å²) in [7, 11) is -3.30. The van der Waals surface area contributed by atoms with Crippen LogP contribution in [-0.2, 0) is 14.2 Å². The van der Waals surface area contributed by atoms with Crippen molar-refractivity contribution in [2.45, 2.75) is 24.9 Å². The normalized spacial score (nSPS) is 16.1. The lowest BCUT2D eigenvalue weighted by Crippen LogP contribution is -2.42. The van der Waals surface area contributed by atoms with Gasteiger partial charge < -0.3 is 20.4 Å². The number of halogens is 1. The first-order valence-electron chi connectivity index (χ1n) is 6.84. The lowest BCUT2D eigenvalue weighted by molar-refractivity contribution is -0.144. The molecule has 0 spiro atoms. The van der Waals surface area contributed by atoms with E-state index in [1.54, 1.807) is 0 Å². The molecule has 3 unspecified atom stereocenters. The SMILES string of the molecule is CC(CNc1ccc(F)cc1)(C(CCC(=O)O)C(=O)O)[PH](=O)O. The summed E-state index contributed by atoms with van der Waals surface area (Å²) in [6.45, 7) is 1.16. The Morgan fingerprint density at radius 2 is 1.87 bits per heavy atom. The molecule has 0 heterocycles. The molecular formula is C14H19FNO6P. The predicted octanol–water partition coefficient (Wildman–Crippen LogP) is 2.03. The van der Waals surface area contributed by atoms with Gasteiger partial charge >= 0.3 is 11.9 Å². The average Bonchev–Trinajstić information content (AvgIpc) is 2.45. The molecule has 3 atom stereocenters. The third kappa shape index (κ3) is 5.33. The minimum Gasteiger partial charge on any atom is -0.481 e. The van der Waals surface area contributed by atoms with Crippen LogP contribution in [0.15, 0.2) is 24.3 Å². The van der Waals surface area contributed by atoms with Gasteiger partial charge in [0.15, 0.2) is 8.03 Å². The van der Waals surface area contributed by atoms with Gasteiger partial charge in [0, 0.05) is 18.7 Å². The Bertz CT molecular complexity index is 593. The Hall–Kier alpha value is -1.92. The van der Waals surface area contributed by atoms with Crippen LogP contribution in [0.5, 0.6) is 0 Å². The second kappa shape index (κ2) is 8.08. The predicted molar refractivity (Wildman–Crippen MR) is 82.5 cm³/mol. The molecule has 0 bridgehead atoms. The highest BCUT2D eigenvalue weighted by atomic mass is 31.1. The second-order valence-electron chi connectivity index (χ2n) is 5.41. The highest BCUT2D eigenvalue weighted by Gasteiger charge is 2.43. The number of rotatable bonds is 9. The highest BCUT2D eigenvalue weighted by molar-refractivity contribution is 7.40. The van der Waals surface area contributed by atoms with Crippen molar-refractivity contribution in [1.29, 1.82) is 0 Å². The maximum absolute atomic E-state index is 12.9. The van der Waals surface area contributed by atoms with Gasteiger partial charge in [-0.15, -0.1) is 0 Å². The fourth-order valence-electron chi connectivity index (χ4n) is 2.18. The number of carboxylic acid groups (broad SMARTS) is 2. The monoisotopic (exact) mass is 347 g/mol. The van der Waals surface area contributed by atoms with E-state index in [9.17, 15) is 28.5 Å². The van der Waals surface area contributed by atoms with Crippen LogP contribution < -0.4 is 5.32 Å². The molecule has 7 nitrogen and oxygen atoms in total. The molecule has 1 aromatic carbocycles. The molecule has 0 radical (unpaired) electrons. The quantitative estimate of drug-likeness (QED) is 0.504. The zero-order chi connectivity index (χ0) is 17.6. The van der Waals surface area contributed by atoms with Crippen molar-refractivity contribution in [2.75, 3.05) is 11.9 Å².